The van der Waals surface area contributed by atoms with Gasteiger partial charge >= 0.3 is 0 Å². The van der Waals surface area contributed by atoms with E-state index in [2.05, 4.69) is 20.5 Å². The maximum atomic E-state index is 12.0. The molecular weight excluding hydrogens is 272 g/mol. The summed E-state index contributed by atoms with van der Waals surface area (Å²) in [7, 11) is 0. The number of carbonyl (C=O) groups is 2. The number of hydrogen-bond donors (Lipinski definition) is 1. The van der Waals surface area contributed by atoms with E-state index in [0.717, 1.165) is 29.6 Å². The minimum Gasteiger partial charge on any atom is -0.298 e. The third kappa shape index (κ3) is 1.92. The molecule has 1 spiro atoms. The lowest BCUT2D eigenvalue weighted by atomic mass is 9.85. The number of benzene rings is 1. The van der Waals surface area contributed by atoms with Crippen LogP contribution in [-0.2, 0) is 16.1 Å². The Bertz CT molecular complexity index is 741. The number of aromatic nitrogens is 2. The SMILES string of the molecule is O=C1CC2(CCN(Cc3cccc4nonc34)C2)C(=O)N1. The summed E-state index contributed by atoms with van der Waals surface area (Å²) >= 11 is 0. The number of carbonyl (C=O) groups excluding carboxylic acids is 2. The first-order chi connectivity index (χ1) is 10.2. The van der Waals surface area contributed by atoms with Crippen molar-refractivity contribution in [3.8, 4) is 0 Å². The van der Waals surface area contributed by atoms with E-state index in [1.54, 1.807) is 0 Å². The molecule has 21 heavy (non-hydrogen) atoms. The molecule has 2 fully saturated rings. The van der Waals surface area contributed by atoms with Gasteiger partial charge in [0, 0.05) is 19.5 Å². The van der Waals surface area contributed by atoms with E-state index in [9.17, 15) is 9.59 Å². The predicted octanol–water partition coefficient (Wildman–Crippen LogP) is 0.461. The van der Waals surface area contributed by atoms with Gasteiger partial charge in [0.15, 0.2) is 0 Å². The monoisotopic (exact) mass is 286 g/mol. The van der Waals surface area contributed by atoms with Crippen molar-refractivity contribution in [2.75, 3.05) is 13.1 Å². The van der Waals surface area contributed by atoms with Crippen molar-refractivity contribution < 1.29 is 14.2 Å². The summed E-state index contributed by atoms with van der Waals surface area (Å²) < 4.78 is 4.77. The van der Waals surface area contributed by atoms with Gasteiger partial charge in [0.1, 0.15) is 11.0 Å². The van der Waals surface area contributed by atoms with Crippen LogP contribution in [0, 0.1) is 5.41 Å². The smallest absolute Gasteiger partial charge is 0.234 e. The topological polar surface area (TPSA) is 88.3 Å². The van der Waals surface area contributed by atoms with Gasteiger partial charge in [-0.1, -0.05) is 12.1 Å². The van der Waals surface area contributed by atoms with E-state index in [0.29, 0.717) is 19.5 Å². The van der Waals surface area contributed by atoms with Crippen LogP contribution in [0.15, 0.2) is 22.8 Å². The normalized spacial score (nSPS) is 26.1. The third-order valence-electron chi connectivity index (χ3n) is 4.43. The van der Waals surface area contributed by atoms with E-state index < -0.39 is 5.41 Å². The minimum atomic E-state index is -0.535. The Morgan fingerprint density at radius 3 is 3.05 bits per heavy atom. The molecule has 4 rings (SSSR count). The van der Waals surface area contributed by atoms with E-state index in [1.807, 2.05) is 18.2 Å². The fourth-order valence-corrected chi connectivity index (χ4v) is 3.34. The number of rotatable bonds is 2. The molecule has 1 aromatic carbocycles. The second kappa shape index (κ2) is 4.36. The summed E-state index contributed by atoms with van der Waals surface area (Å²) in [6.07, 6.45) is 1.02. The molecule has 2 saturated heterocycles. The highest BCUT2D eigenvalue weighted by Crippen LogP contribution is 2.38. The Hall–Kier alpha value is -2.28. The van der Waals surface area contributed by atoms with Crippen LogP contribution in [0.25, 0.3) is 11.0 Å². The number of nitrogens with zero attached hydrogens (tertiary/aromatic N) is 3. The maximum Gasteiger partial charge on any atom is 0.234 e. The number of amides is 2. The van der Waals surface area contributed by atoms with Crippen molar-refractivity contribution >= 4 is 22.8 Å². The Morgan fingerprint density at radius 1 is 1.33 bits per heavy atom. The first kappa shape index (κ1) is 12.5. The molecule has 7 nitrogen and oxygen atoms in total. The summed E-state index contributed by atoms with van der Waals surface area (Å²) in [4.78, 5) is 25.6. The Labute approximate surface area is 120 Å². The molecule has 2 aliphatic heterocycles. The summed E-state index contributed by atoms with van der Waals surface area (Å²) in [5, 5.41) is 10.2. The molecule has 0 bridgehead atoms. The van der Waals surface area contributed by atoms with Gasteiger partial charge in [-0.3, -0.25) is 19.8 Å². The fourth-order valence-electron chi connectivity index (χ4n) is 3.34. The highest BCUT2D eigenvalue weighted by atomic mass is 16.6. The van der Waals surface area contributed by atoms with Crippen LogP contribution in [0.2, 0.25) is 0 Å². The van der Waals surface area contributed by atoms with E-state index in [-0.39, 0.29) is 11.8 Å². The van der Waals surface area contributed by atoms with Gasteiger partial charge in [0.25, 0.3) is 0 Å². The molecule has 0 radical (unpaired) electrons. The van der Waals surface area contributed by atoms with Crippen molar-refractivity contribution in [3.63, 3.8) is 0 Å². The average molecular weight is 286 g/mol. The van der Waals surface area contributed by atoms with Crippen molar-refractivity contribution in [3.05, 3.63) is 23.8 Å². The maximum absolute atomic E-state index is 12.0. The molecule has 0 aliphatic carbocycles. The average Bonchev–Trinajstić information content (AvgIpc) is 3.12. The molecule has 1 aromatic heterocycles. The lowest BCUT2D eigenvalue weighted by molar-refractivity contribution is -0.128. The second-order valence-corrected chi connectivity index (χ2v) is 5.84. The van der Waals surface area contributed by atoms with E-state index in [4.69, 9.17) is 4.63 Å². The quantitative estimate of drug-likeness (QED) is 0.807. The second-order valence-electron chi connectivity index (χ2n) is 5.84. The molecule has 1 unspecified atom stereocenters. The lowest BCUT2D eigenvalue weighted by Crippen LogP contribution is -2.34. The van der Waals surface area contributed by atoms with Crippen LogP contribution in [0.5, 0.6) is 0 Å². The first-order valence-corrected chi connectivity index (χ1v) is 6.93. The van der Waals surface area contributed by atoms with Gasteiger partial charge in [-0.15, -0.1) is 0 Å². The Morgan fingerprint density at radius 2 is 2.24 bits per heavy atom. The van der Waals surface area contributed by atoms with E-state index >= 15 is 0 Å². The van der Waals surface area contributed by atoms with Crippen molar-refractivity contribution in [1.29, 1.82) is 0 Å². The zero-order chi connectivity index (χ0) is 14.4. The highest BCUT2D eigenvalue weighted by Gasteiger charge is 2.50. The first-order valence-electron chi connectivity index (χ1n) is 6.93. The van der Waals surface area contributed by atoms with Crippen LogP contribution < -0.4 is 5.32 Å². The lowest BCUT2D eigenvalue weighted by Gasteiger charge is -2.20. The predicted molar refractivity (Wildman–Crippen MR) is 71.9 cm³/mol. The number of imide groups is 1. The van der Waals surface area contributed by atoms with Crippen LogP contribution in [0.3, 0.4) is 0 Å². The summed E-state index contributed by atoms with van der Waals surface area (Å²) in [6.45, 7) is 2.07. The standard InChI is InChI=1S/C14H14N4O3/c19-11-6-14(13(20)15-11)4-5-18(8-14)7-9-2-1-3-10-12(9)17-21-16-10/h1-3H,4-8H2,(H,15,19,20). The van der Waals surface area contributed by atoms with Gasteiger partial charge in [0.05, 0.1) is 5.41 Å². The van der Waals surface area contributed by atoms with Gasteiger partial charge in [-0.25, -0.2) is 4.63 Å². The van der Waals surface area contributed by atoms with Gasteiger partial charge in [-0.05, 0) is 34.9 Å². The van der Waals surface area contributed by atoms with Crippen LogP contribution in [0.4, 0.5) is 0 Å². The van der Waals surface area contributed by atoms with Crippen LogP contribution in [0.1, 0.15) is 18.4 Å². The molecule has 2 aromatic rings. The Balaban J connectivity index is 1.56. The molecule has 7 heteroatoms. The minimum absolute atomic E-state index is 0.128. The fraction of sp³-hybridized carbons (Fsp3) is 0.429. The molecule has 3 heterocycles. The molecule has 108 valence electrons. The summed E-state index contributed by atoms with van der Waals surface area (Å²) in [5.41, 5.74) is 1.98. The number of hydrogen-bond acceptors (Lipinski definition) is 6. The zero-order valence-electron chi connectivity index (χ0n) is 11.3. The number of nitrogens with one attached hydrogen (secondary N) is 1. The van der Waals surface area contributed by atoms with Crippen molar-refractivity contribution in [1.82, 2.24) is 20.5 Å². The van der Waals surface area contributed by atoms with Crippen molar-refractivity contribution in [2.24, 2.45) is 5.41 Å². The van der Waals surface area contributed by atoms with Gasteiger partial charge in [-0.2, -0.15) is 0 Å². The summed E-state index contributed by atoms with van der Waals surface area (Å²) in [5.74, 6) is -0.291. The van der Waals surface area contributed by atoms with Crippen molar-refractivity contribution in [2.45, 2.75) is 19.4 Å². The number of likely N-dealkylation sites (tertiary alicyclic amines) is 1. The van der Waals surface area contributed by atoms with Gasteiger partial charge in [0.2, 0.25) is 11.8 Å². The molecular formula is C14H14N4O3. The van der Waals surface area contributed by atoms with E-state index in [1.165, 1.54) is 0 Å². The molecule has 2 amide bonds. The molecule has 1 atom stereocenters. The molecule has 0 saturated carbocycles. The third-order valence-corrected chi connectivity index (χ3v) is 4.43. The molecule has 1 N–H and O–H groups in total. The Kier molecular flexibility index (Phi) is 2.58. The summed E-state index contributed by atoms with van der Waals surface area (Å²) in [6, 6.07) is 5.75. The number of fused-ring (bicyclic) bond motifs is 1. The zero-order valence-corrected chi connectivity index (χ0v) is 11.3. The van der Waals surface area contributed by atoms with Gasteiger partial charge < -0.3 is 0 Å². The largest absolute Gasteiger partial charge is 0.298 e. The molecule has 2 aliphatic rings. The van der Waals surface area contributed by atoms with Crippen LogP contribution in [-0.4, -0.2) is 40.1 Å². The van der Waals surface area contributed by atoms with Crippen LogP contribution >= 0.6 is 0 Å². The highest BCUT2D eigenvalue weighted by molar-refractivity contribution is 6.06.